The molecule has 2 rings (SSSR count). The van der Waals surface area contributed by atoms with Gasteiger partial charge in [0.25, 0.3) is 0 Å². The van der Waals surface area contributed by atoms with Gasteiger partial charge in [0.2, 0.25) is 0 Å². The standard InChI is InChI=1S/C12H18N2O3/c1-2-3-5-14-8-9(7-11(14)12(15)16)10-4-6-17-13-10/h4,6,9,11H,2-3,5,7-8H2,1H3,(H,15,16). The van der Waals surface area contributed by atoms with Crippen LogP contribution in [0.15, 0.2) is 16.9 Å². The van der Waals surface area contributed by atoms with Crippen molar-refractivity contribution in [3.63, 3.8) is 0 Å². The van der Waals surface area contributed by atoms with Crippen molar-refractivity contribution in [1.82, 2.24) is 10.1 Å². The molecular formula is C12H18N2O3. The fourth-order valence-corrected chi connectivity index (χ4v) is 2.42. The third-order valence-corrected chi connectivity index (χ3v) is 3.36. The Hall–Kier alpha value is -1.36. The number of carbonyl (C=O) groups is 1. The molecule has 1 fully saturated rings. The maximum Gasteiger partial charge on any atom is 0.320 e. The van der Waals surface area contributed by atoms with Crippen LogP contribution in [-0.4, -0.2) is 40.3 Å². The number of carboxylic acid groups (broad SMARTS) is 1. The molecule has 2 unspecified atom stereocenters. The zero-order valence-corrected chi connectivity index (χ0v) is 10.0. The molecular weight excluding hydrogens is 220 g/mol. The summed E-state index contributed by atoms with van der Waals surface area (Å²) in [5.41, 5.74) is 0.871. The maximum absolute atomic E-state index is 11.2. The molecule has 0 aliphatic carbocycles. The average Bonchev–Trinajstić information content (AvgIpc) is 2.94. The molecule has 0 radical (unpaired) electrons. The lowest BCUT2D eigenvalue weighted by atomic mass is 10.0. The van der Waals surface area contributed by atoms with Crippen molar-refractivity contribution in [2.24, 2.45) is 0 Å². The van der Waals surface area contributed by atoms with Gasteiger partial charge < -0.3 is 9.63 Å². The summed E-state index contributed by atoms with van der Waals surface area (Å²) >= 11 is 0. The highest BCUT2D eigenvalue weighted by Gasteiger charge is 2.37. The van der Waals surface area contributed by atoms with Crippen LogP contribution in [0, 0.1) is 0 Å². The van der Waals surface area contributed by atoms with E-state index in [9.17, 15) is 9.90 Å². The highest BCUT2D eigenvalue weighted by atomic mass is 16.5. The molecule has 5 nitrogen and oxygen atoms in total. The largest absolute Gasteiger partial charge is 0.480 e. The van der Waals surface area contributed by atoms with Gasteiger partial charge in [-0.15, -0.1) is 0 Å². The Balaban J connectivity index is 2.03. The van der Waals surface area contributed by atoms with Crippen molar-refractivity contribution < 1.29 is 14.4 Å². The Bertz CT molecular complexity index is 364. The molecule has 0 aromatic carbocycles. The summed E-state index contributed by atoms with van der Waals surface area (Å²) in [7, 11) is 0. The minimum atomic E-state index is -0.730. The van der Waals surface area contributed by atoms with E-state index in [-0.39, 0.29) is 12.0 Å². The van der Waals surface area contributed by atoms with E-state index in [0.29, 0.717) is 6.42 Å². The molecule has 1 saturated heterocycles. The number of unbranched alkanes of at least 4 members (excludes halogenated alkanes) is 1. The van der Waals surface area contributed by atoms with Crippen molar-refractivity contribution >= 4 is 5.97 Å². The van der Waals surface area contributed by atoms with Gasteiger partial charge in [0, 0.05) is 18.5 Å². The van der Waals surface area contributed by atoms with Crippen molar-refractivity contribution in [2.75, 3.05) is 13.1 Å². The first-order valence-electron chi connectivity index (χ1n) is 6.09. The van der Waals surface area contributed by atoms with Gasteiger partial charge in [0.15, 0.2) is 0 Å². The minimum Gasteiger partial charge on any atom is -0.480 e. The number of hydrogen-bond acceptors (Lipinski definition) is 4. The fraction of sp³-hybridized carbons (Fsp3) is 0.667. The minimum absolute atomic E-state index is 0.187. The lowest BCUT2D eigenvalue weighted by Crippen LogP contribution is -2.36. The van der Waals surface area contributed by atoms with E-state index in [1.807, 2.05) is 11.0 Å². The number of hydrogen-bond donors (Lipinski definition) is 1. The van der Waals surface area contributed by atoms with Crippen LogP contribution in [0.4, 0.5) is 0 Å². The predicted octanol–water partition coefficient (Wildman–Crippen LogP) is 1.72. The van der Waals surface area contributed by atoms with Crippen LogP contribution in [0.2, 0.25) is 0 Å². The quantitative estimate of drug-likeness (QED) is 0.846. The van der Waals surface area contributed by atoms with Gasteiger partial charge in [-0.3, -0.25) is 9.69 Å². The SMILES string of the molecule is CCCCN1CC(c2ccon2)CC1C(=O)O. The zero-order chi connectivity index (χ0) is 12.3. The second-order valence-corrected chi connectivity index (χ2v) is 4.56. The van der Waals surface area contributed by atoms with Crippen LogP contribution in [0.5, 0.6) is 0 Å². The van der Waals surface area contributed by atoms with Gasteiger partial charge in [0.05, 0.1) is 5.69 Å². The smallest absolute Gasteiger partial charge is 0.320 e. The predicted molar refractivity (Wildman–Crippen MR) is 61.8 cm³/mol. The molecule has 1 N–H and O–H groups in total. The Morgan fingerprint density at radius 1 is 1.71 bits per heavy atom. The van der Waals surface area contributed by atoms with Crippen LogP contribution in [-0.2, 0) is 4.79 Å². The van der Waals surface area contributed by atoms with Crippen LogP contribution >= 0.6 is 0 Å². The number of rotatable bonds is 5. The topological polar surface area (TPSA) is 66.6 Å². The van der Waals surface area contributed by atoms with Gasteiger partial charge in [-0.1, -0.05) is 18.5 Å². The van der Waals surface area contributed by atoms with Gasteiger partial charge in [0.1, 0.15) is 12.3 Å². The molecule has 1 aromatic rings. The van der Waals surface area contributed by atoms with E-state index < -0.39 is 5.97 Å². The van der Waals surface area contributed by atoms with E-state index in [0.717, 1.165) is 31.6 Å². The Morgan fingerprint density at radius 3 is 3.12 bits per heavy atom. The molecule has 1 aliphatic heterocycles. The van der Waals surface area contributed by atoms with Crippen LogP contribution in [0.3, 0.4) is 0 Å². The van der Waals surface area contributed by atoms with E-state index in [1.165, 1.54) is 0 Å². The van der Waals surface area contributed by atoms with Gasteiger partial charge in [-0.05, 0) is 19.4 Å². The van der Waals surface area contributed by atoms with Crippen molar-refractivity contribution in [3.05, 3.63) is 18.0 Å². The summed E-state index contributed by atoms with van der Waals surface area (Å²) in [4.78, 5) is 13.3. The molecule has 2 atom stereocenters. The van der Waals surface area contributed by atoms with Gasteiger partial charge in [-0.2, -0.15) is 0 Å². The van der Waals surface area contributed by atoms with E-state index in [1.54, 1.807) is 6.26 Å². The second-order valence-electron chi connectivity index (χ2n) is 4.56. The summed E-state index contributed by atoms with van der Waals surface area (Å²) < 4.78 is 4.82. The molecule has 0 spiro atoms. The summed E-state index contributed by atoms with van der Waals surface area (Å²) in [6, 6.07) is 1.45. The number of carboxylic acids is 1. The van der Waals surface area contributed by atoms with Crippen LogP contribution in [0.25, 0.3) is 0 Å². The Kier molecular flexibility index (Phi) is 3.78. The lowest BCUT2D eigenvalue weighted by molar-refractivity contribution is -0.142. The number of likely N-dealkylation sites (tertiary alicyclic amines) is 1. The van der Waals surface area contributed by atoms with Crippen molar-refractivity contribution in [2.45, 2.75) is 38.1 Å². The molecule has 94 valence electrons. The molecule has 0 saturated carbocycles. The molecule has 0 amide bonds. The summed E-state index contributed by atoms with van der Waals surface area (Å²) in [6.07, 6.45) is 4.29. The van der Waals surface area contributed by atoms with Gasteiger partial charge >= 0.3 is 5.97 Å². The van der Waals surface area contributed by atoms with Crippen molar-refractivity contribution in [3.8, 4) is 0 Å². The van der Waals surface area contributed by atoms with Crippen LogP contribution in [0.1, 0.15) is 37.8 Å². The first-order chi connectivity index (χ1) is 8.22. The number of aliphatic carboxylic acids is 1. The third-order valence-electron chi connectivity index (χ3n) is 3.36. The summed E-state index contributed by atoms with van der Waals surface area (Å²) in [5.74, 6) is -0.543. The van der Waals surface area contributed by atoms with Crippen LogP contribution < -0.4 is 0 Å². The Morgan fingerprint density at radius 2 is 2.53 bits per heavy atom. The van der Waals surface area contributed by atoms with Gasteiger partial charge in [-0.25, -0.2) is 0 Å². The average molecular weight is 238 g/mol. The molecule has 2 heterocycles. The lowest BCUT2D eigenvalue weighted by Gasteiger charge is -2.20. The molecule has 1 aliphatic rings. The normalized spacial score (nSPS) is 25.2. The third kappa shape index (κ3) is 2.66. The number of aromatic nitrogens is 1. The highest BCUT2D eigenvalue weighted by molar-refractivity contribution is 5.74. The summed E-state index contributed by atoms with van der Waals surface area (Å²) in [5, 5.41) is 13.1. The van der Waals surface area contributed by atoms with E-state index in [4.69, 9.17) is 4.52 Å². The Labute approximate surface area is 100 Å². The molecule has 0 bridgehead atoms. The zero-order valence-electron chi connectivity index (χ0n) is 10.0. The monoisotopic (exact) mass is 238 g/mol. The summed E-state index contributed by atoms with van der Waals surface area (Å²) in [6.45, 7) is 3.73. The first-order valence-corrected chi connectivity index (χ1v) is 6.09. The van der Waals surface area contributed by atoms with Crippen molar-refractivity contribution in [1.29, 1.82) is 0 Å². The number of nitrogens with zero attached hydrogens (tertiary/aromatic N) is 2. The molecule has 17 heavy (non-hydrogen) atoms. The maximum atomic E-state index is 11.2. The second kappa shape index (κ2) is 5.31. The fourth-order valence-electron chi connectivity index (χ4n) is 2.42. The molecule has 1 aromatic heterocycles. The molecule has 5 heteroatoms. The van der Waals surface area contributed by atoms with E-state index >= 15 is 0 Å². The highest BCUT2D eigenvalue weighted by Crippen LogP contribution is 2.31. The first kappa shape index (κ1) is 12.1. The van der Waals surface area contributed by atoms with E-state index in [2.05, 4.69) is 12.1 Å².